The average molecular weight is 471 g/mol. The van der Waals surface area contributed by atoms with Crippen molar-refractivity contribution in [2.75, 3.05) is 33.4 Å². The third-order valence-corrected chi connectivity index (χ3v) is 7.24. The van der Waals surface area contributed by atoms with Crippen LogP contribution in [0.3, 0.4) is 0 Å². The van der Waals surface area contributed by atoms with Crippen LogP contribution in [0.25, 0.3) is 0 Å². The maximum absolute atomic E-state index is 13.2. The number of furan rings is 1. The van der Waals surface area contributed by atoms with Gasteiger partial charge < -0.3 is 14.1 Å². The fourth-order valence-corrected chi connectivity index (χ4v) is 5.08. The number of sulfonamides is 1. The van der Waals surface area contributed by atoms with Crippen molar-refractivity contribution in [3.05, 3.63) is 52.4 Å². The Kier molecular flexibility index (Phi) is 6.92. The maximum Gasteiger partial charge on any atom is 0.255 e. The lowest BCUT2D eigenvalue weighted by molar-refractivity contribution is 0.0665. The van der Waals surface area contributed by atoms with Crippen LogP contribution in [0.2, 0.25) is 0 Å². The van der Waals surface area contributed by atoms with Crippen LogP contribution in [0.5, 0.6) is 0 Å². The lowest BCUT2D eigenvalue weighted by atomic mass is 10.2. The lowest BCUT2D eigenvalue weighted by Crippen LogP contribution is -2.34. The van der Waals surface area contributed by atoms with E-state index in [0.29, 0.717) is 42.0 Å². The molecule has 1 aliphatic rings. The first-order valence-corrected chi connectivity index (χ1v) is 11.3. The minimum absolute atomic E-state index is 0.130. The Bertz CT molecular complexity index is 908. The molecule has 1 aliphatic heterocycles. The van der Waals surface area contributed by atoms with Gasteiger partial charge in [0.25, 0.3) is 5.91 Å². The first-order chi connectivity index (χ1) is 13.4. The van der Waals surface area contributed by atoms with E-state index in [1.54, 1.807) is 36.5 Å². The van der Waals surface area contributed by atoms with E-state index in [9.17, 15) is 13.2 Å². The molecule has 0 unspecified atom stereocenters. The van der Waals surface area contributed by atoms with Crippen LogP contribution in [0.15, 0.2) is 50.4 Å². The molecule has 0 spiro atoms. The largest absolute Gasteiger partial charge is 0.467 e. The van der Waals surface area contributed by atoms with Crippen LogP contribution in [0, 0.1) is 0 Å². The van der Waals surface area contributed by atoms with E-state index in [1.807, 2.05) is 0 Å². The molecule has 9 heteroatoms. The molecule has 28 heavy (non-hydrogen) atoms. The number of nitrogens with zero attached hydrogens (tertiary/aromatic N) is 2. The molecule has 152 valence electrons. The summed E-state index contributed by atoms with van der Waals surface area (Å²) < 4.78 is 38.2. The number of hydrogen-bond acceptors (Lipinski definition) is 5. The van der Waals surface area contributed by atoms with Crippen LogP contribution >= 0.6 is 15.9 Å². The fraction of sp³-hybridized carbons (Fsp3) is 0.421. The molecule has 0 bridgehead atoms. The molecular weight excluding hydrogens is 448 g/mol. The molecule has 7 nitrogen and oxygen atoms in total. The van der Waals surface area contributed by atoms with E-state index < -0.39 is 10.0 Å². The van der Waals surface area contributed by atoms with Gasteiger partial charge in [-0.15, -0.1) is 0 Å². The zero-order chi connectivity index (χ0) is 20.1. The smallest absolute Gasteiger partial charge is 0.255 e. The second kappa shape index (κ2) is 9.21. The van der Waals surface area contributed by atoms with Crippen LogP contribution in [0.4, 0.5) is 0 Å². The van der Waals surface area contributed by atoms with E-state index >= 15 is 0 Å². The van der Waals surface area contributed by atoms with Gasteiger partial charge in [-0.3, -0.25) is 4.79 Å². The number of hydrogen-bond donors (Lipinski definition) is 0. The first-order valence-electron chi connectivity index (χ1n) is 9.04. The van der Waals surface area contributed by atoms with Gasteiger partial charge in [0.1, 0.15) is 5.76 Å². The predicted octanol–water partition coefficient (Wildman–Crippen LogP) is 3.12. The number of benzene rings is 1. The highest BCUT2D eigenvalue weighted by Gasteiger charge is 2.29. The number of amides is 1. The van der Waals surface area contributed by atoms with Crippen molar-refractivity contribution >= 4 is 31.9 Å². The van der Waals surface area contributed by atoms with E-state index in [-0.39, 0.29) is 17.3 Å². The van der Waals surface area contributed by atoms with Gasteiger partial charge in [0.05, 0.1) is 29.9 Å². The zero-order valence-electron chi connectivity index (χ0n) is 15.6. The second-order valence-corrected chi connectivity index (χ2v) is 9.34. The number of rotatable bonds is 8. The average Bonchev–Trinajstić information content (AvgIpc) is 3.39. The van der Waals surface area contributed by atoms with Gasteiger partial charge in [-0.25, -0.2) is 8.42 Å². The van der Waals surface area contributed by atoms with E-state index in [4.69, 9.17) is 9.15 Å². The van der Waals surface area contributed by atoms with Gasteiger partial charge in [0.15, 0.2) is 0 Å². The Hall–Kier alpha value is -1.68. The highest BCUT2D eigenvalue weighted by atomic mass is 79.9. The van der Waals surface area contributed by atoms with Crippen molar-refractivity contribution in [2.45, 2.75) is 24.3 Å². The Morgan fingerprint density at radius 3 is 2.68 bits per heavy atom. The quantitative estimate of drug-likeness (QED) is 0.591. The Morgan fingerprint density at radius 1 is 1.29 bits per heavy atom. The molecule has 2 heterocycles. The van der Waals surface area contributed by atoms with Crippen molar-refractivity contribution in [2.24, 2.45) is 0 Å². The minimum atomic E-state index is -3.61. The SMILES string of the molecule is COCCN(Cc1ccco1)C(=O)c1cc(S(=O)(=O)N2CCCC2)ccc1Br. The molecule has 3 rings (SSSR count). The highest BCUT2D eigenvalue weighted by molar-refractivity contribution is 9.10. The van der Waals surface area contributed by atoms with Crippen LogP contribution in [-0.4, -0.2) is 56.9 Å². The summed E-state index contributed by atoms with van der Waals surface area (Å²) in [6.07, 6.45) is 3.26. The molecule has 2 aromatic rings. The molecule has 0 aliphatic carbocycles. The highest BCUT2D eigenvalue weighted by Crippen LogP contribution is 2.27. The molecule has 1 fully saturated rings. The van der Waals surface area contributed by atoms with Gasteiger partial charge in [0, 0.05) is 31.2 Å². The Morgan fingerprint density at radius 2 is 2.04 bits per heavy atom. The van der Waals surface area contributed by atoms with Crippen LogP contribution in [-0.2, 0) is 21.3 Å². The predicted molar refractivity (Wildman–Crippen MR) is 107 cm³/mol. The van der Waals surface area contributed by atoms with Crippen molar-refractivity contribution in [1.82, 2.24) is 9.21 Å². The maximum atomic E-state index is 13.2. The number of methoxy groups -OCH3 is 1. The molecule has 1 aromatic carbocycles. The van der Waals surface area contributed by atoms with E-state index in [0.717, 1.165) is 12.8 Å². The summed E-state index contributed by atoms with van der Waals surface area (Å²) in [7, 11) is -2.04. The molecule has 1 amide bonds. The second-order valence-electron chi connectivity index (χ2n) is 6.55. The van der Waals surface area contributed by atoms with Crippen LogP contribution < -0.4 is 0 Å². The fourth-order valence-electron chi connectivity index (χ4n) is 3.12. The van der Waals surface area contributed by atoms with Crippen molar-refractivity contribution in [1.29, 1.82) is 0 Å². The summed E-state index contributed by atoms with van der Waals surface area (Å²) in [5.41, 5.74) is 0.294. The van der Waals surface area contributed by atoms with Gasteiger partial charge >= 0.3 is 0 Å². The monoisotopic (exact) mass is 470 g/mol. The molecule has 1 aromatic heterocycles. The lowest BCUT2D eigenvalue weighted by Gasteiger charge is -2.23. The number of carbonyl (C=O) groups is 1. The topological polar surface area (TPSA) is 80.1 Å². The van der Waals surface area contributed by atoms with E-state index in [2.05, 4.69) is 15.9 Å². The first kappa shape index (κ1) is 21.0. The van der Waals surface area contributed by atoms with Gasteiger partial charge in [-0.05, 0) is 59.1 Å². The minimum Gasteiger partial charge on any atom is -0.467 e. The number of carbonyl (C=O) groups excluding carboxylic acids is 1. The summed E-state index contributed by atoms with van der Waals surface area (Å²) in [5, 5.41) is 0. The number of halogens is 1. The van der Waals surface area contributed by atoms with Gasteiger partial charge in [-0.1, -0.05) is 0 Å². The summed E-state index contributed by atoms with van der Waals surface area (Å²) in [5.74, 6) is 0.347. The van der Waals surface area contributed by atoms with Crippen molar-refractivity contribution < 1.29 is 22.4 Å². The standard InChI is InChI=1S/C19H23BrN2O5S/c1-26-12-10-21(14-15-5-4-11-27-15)19(23)17-13-16(6-7-18(17)20)28(24,25)22-8-2-3-9-22/h4-7,11,13H,2-3,8-10,12,14H2,1H3. The normalized spacial score (nSPS) is 15.1. The van der Waals surface area contributed by atoms with Crippen molar-refractivity contribution in [3.63, 3.8) is 0 Å². The van der Waals surface area contributed by atoms with Crippen LogP contribution in [0.1, 0.15) is 29.0 Å². The molecule has 0 atom stereocenters. The van der Waals surface area contributed by atoms with E-state index in [1.165, 1.54) is 16.4 Å². The summed E-state index contributed by atoms with van der Waals surface area (Å²) in [6.45, 7) is 2.01. The summed E-state index contributed by atoms with van der Waals surface area (Å²) in [4.78, 5) is 14.9. The molecule has 0 N–H and O–H groups in total. The number of ether oxygens (including phenoxy) is 1. The zero-order valence-corrected chi connectivity index (χ0v) is 18.0. The summed E-state index contributed by atoms with van der Waals surface area (Å²) >= 11 is 3.39. The third-order valence-electron chi connectivity index (χ3n) is 4.65. The Labute approximate surface area is 173 Å². The summed E-state index contributed by atoms with van der Waals surface area (Å²) in [6, 6.07) is 8.13. The molecule has 1 saturated heterocycles. The molecular formula is C19H23BrN2O5S. The molecule has 0 saturated carbocycles. The van der Waals surface area contributed by atoms with Gasteiger partial charge in [0.2, 0.25) is 10.0 Å². The Balaban J connectivity index is 1.90. The third kappa shape index (κ3) is 4.65. The van der Waals surface area contributed by atoms with Gasteiger partial charge in [-0.2, -0.15) is 4.31 Å². The van der Waals surface area contributed by atoms with Crippen molar-refractivity contribution in [3.8, 4) is 0 Å². The molecule has 0 radical (unpaired) electrons.